The van der Waals surface area contributed by atoms with Crippen LogP contribution >= 0.6 is 11.6 Å². The zero-order valence-corrected chi connectivity index (χ0v) is 11.8. The molecule has 3 rings (SSSR count). The number of aryl methyl sites for hydroxylation is 2. The van der Waals surface area contributed by atoms with Gasteiger partial charge in [0.15, 0.2) is 0 Å². The lowest BCUT2D eigenvalue weighted by Gasteiger charge is -2.41. The highest BCUT2D eigenvalue weighted by Crippen LogP contribution is 2.44. The fraction of sp³-hybridized carbons (Fsp3) is 0.625. The quantitative estimate of drug-likeness (QED) is 0.732. The number of hydrogen-bond donors (Lipinski definition) is 0. The van der Waals surface area contributed by atoms with Gasteiger partial charge in [-0.05, 0) is 61.6 Å². The molecule has 18 heavy (non-hydrogen) atoms. The Bertz CT molecular complexity index is 431. The van der Waals surface area contributed by atoms with E-state index in [1.54, 1.807) is 0 Å². The summed E-state index contributed by atoms with van der Waals surface area (Å²) in [5, 5.41) is 0.0937. The standard InChI is InChI=1S/C16H21ClO/c1-18-16(8-3-9-16)11-15(17)14-7-6-12-4-2-5-13(12)10-14/h6-7,10,15H,2-5,8-9,11H2,1H3. The SMILES string of the molecule is COC1(CC(Cl)c2ccc3c(c2)CCC3)CCC1. The fourth-order valence-electron chi connectivity index (χ4n) is 3.29. The van der Waals surface area contributed by atoms with Gasteiger partial charge in [0, 0.05) is 7.11 Å². The highest BCUT2D eigenvalue weighted by atomic mass is 35.5. The van der Waals surface area contributed by atoms with Gasteiger partial charge in [-0.3, -0.25) is 0 Å². The lowest BCUT2D eigenvalue weighted by Crippen LogP contribution is -2.39. The van der Waals surface area contributed by atoms with Crippen LogP contribution in [0.5, 0.6) is 0 Å². The molecule has 0 radical (unpaired) electrons. The molecule has 0 spiro atoms. The Hall–Kier alpha value is -0.530. The van der Waals surface area contributed by atoms with Gasteiger partial charge in [0.2, 0.25) is 0 Å². The second-order valence-corrected chi connectivity index (χ2v) is 6.32. The van der Waals surface area contributed by atoms with E-state index in [0.717, 1.165) is 19.3 Å². The van der Waals surface area contributed by atoms with Crippen molar-refractivity contribution in [3.63, 3.8) is 0 Å². The lowest BCUT2D eigenvalue weighted by atomic mass is 9.76. The molecule has 1 unspecified atom stereocenters. The Morgan fingerprint density at radius 1 is 1.22 bits per heavy atom. The van der Waals surface area contributed by atoms with Crippen molar-refractivity contribution in [3.05, 3.63) is 34.9 Å². The molecule has 0 aromatic heterocycles. The van der Waals surface area contributed by atoms with E-state index in [1.807, 2.05) is 7.11 Å². The number of benzene rings is 1. The molecule has 1 atom stereocenters. The normalized spacial score (nSPS) is 22.3. The Morgan fingerprint density at radius 3 is 2.67 bits per heavy atom. The highest BCUT2D eigenvalue weighted by Gasteiger charge is 2.39. The van der Waals surface area contributed by atoms with Crippen molar-refractivity contribution in [1.29, 1.82) is 0 Å². The Labute approximate surface area is 114 Å². The summed E-state index contributed by atoms with van der Waals surface area (Å²) in [5.74, 6) is 0. The highest BCUT2D eigenvalue weighted by molar-refractivity contribution is 6.20. The van der Waals surface area contributed by atoms with Gasteiger partial charge in [-0.1, -0.05) is 18.2 Å². The Morgan fingerprint density at radius 2 is 2.00 bits per heavy atom. The van der Waals surface area contributed by atoms with Crippen molar-refractivity contribution in [1.82, 2.24) is 0 Å². The van der Waals surface area contributed by atoms with E-state index < -0.39 is 0 Å². The van der Waals surface area contributed by atoms with Crippen LogP contribution in [0.1, 0.15) is 54.2 Å². The average Bonchev–Trinajstić information content (AvgIpc) is 2.80. The van der Waals surface area contributed by atoms with Gasteiger partial charge in [0.1, 0.15) is 0 Å². The van der Waals surface area contributed by atoms with E-state index >= 15 is 0 Å². The van der Waals surface area contributed by atoms with E-state index in [2.05, 4.69) is 18.2 Å². The number of rotatable bonds is 4. The number of methoxy groups -OCH3 is 1. The maximum atomic E-state index is 6.60. The smallest absolute Gasteiger partial charge is 0.0696 e. The maximum absolute atomic E-state index is 6.60. The fourth-order valence-corrected chi connectivity index (χ4v) is 3.71. The summed E-state index contributed by atoms with van der Waals surface area (Å²) in [4.78, 5) is 0. The minimum absolute atomic E-state index is 0.0609. The van der Waals surface area contributed by atoms with Crippen LogP contribution < -0.4 is 0 Å². The van der Waals surface area contributed by atoms with Gasteiger partial charge in [0.25, 0.3) is 0 Å². The molecule has 0 saturated heterocycles. The first kappa shape index (κ1) is 12.5. The molecule has 2 aliphatic carbocycles. The van der Waals surface area contributed by atoms with Crippen molar-refractivity contribution < 1.29 is 4.74 Å². The van der Waals surface area contributed by atoms with E-state index in [-0.39, 0.29) is 11.0 Å². The van der Waals surface area contributed by atoms with Gasteiger partial charge >= 0.3 is 0 Å². The summed E-state index contributed by atoms with van der Waals surface area (Å²) >= 11 is 6.60. The van der Waals surface area contributed by atoms with Gasteiger partial charge in [-0.25, -0.2) is 0 Å². The predicted octanol–water partition coefficient (Wildman–Crippen LogP) is 4.41. The molecule has 0 aliphatic heterocycles. The molecule has 1 fully saturated rings. The number of halogens is 1. The van der Waals surface area contributed by atoms with Crippen molar-refractivity contribution in [2.45, 2.75) is 55.9 Å². The summed E-state index contributed by atoms with van der Waals surface area (Å²) in [6.45, 7) is 0. The topological polar surface area (TPSA) is 9.23 Å². The zero-order chi connectivity index (χ0) is 12.6. The maximum Gasteiger partial charge on any atom is 0.0696 e. The summed E-state index contributed by atoms with van der Waals surface area (Å²) < 4.78 is 5.67. The molecule has 2 heteroatoms. The van der Waals surface area contributed by atoms with Crippen LogP contribution in [0.25, 0.3) is 0 Å². The average molecular weight is 265 g/mol. The van der Waals surface area contributed by atoms with Crippen molar-refractivity contribution in [2.24, 2.45) is 0 Å². The zero-order valence-electron chi connectivity index (χ0n) is 11.0. The van der Waals surface area contributed by atoms with Crippen LogP contribution in [0.2, 0.25) is 0 Å². The minimum Gasteiger partial charge on any atom is -0.378 e. The van der Waals surface area contributed by atoms with Gasteiger partial charge < -0.3 is 4.74 Å². The largest absolute Gasteiger partial charge is 0.378 e. The van der Waals surface area contributed by atoms with Gasteiger partial charge in [-0.15, -0.1) is 11.6 Å². The Balaban J connectivity index is 1.74. The number of hydrogen-bond acceptors (Lipinski definition) is 1. The van der Waals surface area contributed by atoms with Crippen molar-refractivity contribution in [2.75, 3.05) is 7.11 Å². The van der Waals surface area contributed by atoms with Gasteiger partial charge in [-0.2, -0.15) is 0 Å². The molecular formula is C16H21ClO. The van der Waals surface area contributed by atoms with Crippen LogP contribution in [0.15, 0.2) is 18.2 Å². The van der Waals surface area contributed by atoms with Gasteiger partial charge in [0.05, 0.1) is 11.0 Å². The van der Waals surface area contributed by atoms with E-state index in [0.29, 0.717) is 0 Å². The monoisotopic (exact) mass is 264 g/mol. The van der Waals surface area contributed by atoms with Crippen LogP contribution in [-0.2, 0) is 17.6 Å². The summed E-state index contributed by atoms with van der Waals surface area (Å²) in [7, 11) is 1.82. The third kappa shape index (κ3) is 2.19. The third-order valence-corrected chi connectivity index (χ3v) is 5.14. The molecule has 0 heterocycles. The predicted molar refractivity (Wildman–Crippen MR) is 75.3 cm³/mol. The molecular weight excluding hydrogens is 244 g/mol. The molecule has 2 aliphatic rings. The summed E-state index contributed by atoms with van der Waals surface area (Å²) in [5.41, 5.74) is 4.37. The third-order valence-electron chi connectivity index (χ3n) is 4.73. The van der Waals surface area contributed by atoms with Crippen LogP contribution in [0, 0.1) is 0 Å². The second kappa shape index (κ2) is 4.86. The van der Waals surface area contributed by atoms with Crippen LogP contribution in [0.3, 0.4) is 0 Å². The number of ether oxygens (including phenoxy) is 1. The molecule has 0 bridgehead atoms. The van der Waals surface area contributed by atoms with E-state index in [4.69, 9.17) is 16.3 Å². The Kier molecular flexibility index (Phi) is 3.38. The van der Waals surface area contributed by atoms with Crippen LogP contribution in [-0.4, -0.2) is 12.7 Å². The summed E-state index contributed by atoms with van der Waals surface area (Å²) in [6.07, 6.45) is 8.32. The molecule has 98 valence electrons. The van der Waals surface area contributed by atoms with E-state index in [1.165, 1.54) is 42.4 Å². The van der Waals surface area contributed by atoms with Crippen molar-refractivity contribution >= 4 is 11.6 Å². The van der Waals surface area contributed by atoms with Crippen LogP contribution in [0.4, 0.5) is 0 Å². The molecule has 1 nitrogen and oxygen atoms in total. The molecule has 0 N–H and O–H groups in total. The summed E-state index contributed by atoms with van der Waals surface area (Å²) in [6, 6.07) is 6.80. The molecule has 1 aromatic carbocycles. The number of alkyl halides is 1. The second-order valence-electron chi connectivity index (χ2n) is 5.79. The van der Waals surface area contributed by atoms with Crippen molar-refractivity contribution in [3.8, 4) is 0 Å². The minimum atomic E-state index is 0.0609. The number of fused-ring (bicyclic) bond motifs is 1. The first-order valence-electron chi connectivity index (χ1n) is 7.03. The molecule has 0 amide bonds. The lowest BCUT2D eigenvalue weighted by molar-refractivity contribution is -0.0780. The first-order chi connectivity index (χ1) is 8.72. The molecule has 1 aromatic rings. The first-order valence-corrected chi connectivity index (χ1v) is 7.47. The molecule has 1 saturated carbocycles. The van der Waals surface area contributed by atoms with E-state index in [9.17, 15) is 0 Å².